The summed E-state index contributed by atoms with van der Waals surface area (Å²) in [5, 5.41) is 17.6. The zero-order valence-corrected chi connectivity index (χ0v) is 22.1. The lowest BCUT2D eigenvalue weighted by molar-refractivity contribution is -0.193. The highest BCUT2D eigenvalue weighted by atomic mass is 19.4. The van der Waals surface area contributed by atoms with Crippen LogP contribution in [0.5, 0.6) is 0 Å². The Morgan fingerprint density at radius 2 is 1.46 bits per heavy atom. The first-order valence-corrected chi connectivity index (χ1v) is 13.2. The lowest BCUT2D eigenvalue weighted by Crippen LogP contribution is -2.48. The van der Waals surface area contributed by atoms with Gasteiger partial charge in [0.05, 0.1) is 5.41 Å². The molecule has 5 rings (SSSR count). The van der Waals surface area contributed by atoms with Crippen molar-refractivity contribution in [3.8, 4) is 0 Å². The number of aromatic nitrogens is 2. The Morgan fingerprint density at radius 1 is 0.927 bits per heavy atom. The van der Waals surface area contributed by atoms with Gasteiger partial charge in [0, 0.05) is 51.0 Å². The molecule has 2 saturated heterocycles. The molecule has 0 unspecified atom stereocenters. The molecular weight excluding hydrogens is 564 g/mol. The highest BCUT2D eigenvalue weighted by Gasteiger charge is 2.53. The molecule has 2 saturated carbocycles. The maximum Gasteiger partial charge on any atom is 0.490 e. The van der Waals surface area contributed by atoms with Crippen LogP contribution in [0.1, 0.15) is 38.5 Å². The van der Waals surface area contributed by atoms with Crippen LogP contribution in [-0.4, -0.2) is 94.5 Å². The van der Waals surface area contributed by atoms with Gasteiger partial charge < -0.3 is 25.3 Å². The molecule has 4 aliphatic rings. The third-order valence-electron chi connectivity index (χ3n) is 7.50. The van der Waals surface area contributed by atoms with Crippen LogP contribution in [0, 0.1) is 23.2 Å². The van der Waals surface area contributed by atoms with Crippen molar-refractivity contribution in [3.05, 3.63) is 18.5 Å². The fraction of sp³-hybridized carbons (Fsp3) is 0.720. The summed E-state index contributed by atoms with van der Waals surface area (Å²) >= 11 is 0. The number of amides is 1. The smallest absolute Gasteiger partial charge is 0.475 e. The fourth-order valence-electron chi connectivity index (χ4n) is 5.06. The lowest BCUT2D eigenvalue weighted by atomic mass is 9.74. The van der Waals surface area contributed by atoms with E-state index in [4.69, 9.17) is 19.8 Å². The first-order valence-electron chi connectivity index (χ1n) is 13.2. The van der Waals surface area contributed by atoms with Crippen molar-refractivity contribution >= 4 is 23.8 Å². The summed E-state index contributed by atoms with van der Waals surface area (Å²) in [7, 11) is 0. The molecule has 10 nitrogen and oxygen atoms in total. The summed E-state index contributed by atoms with van der Waals surface area (Å²) in [6, 6.07) is 1.85. The first kappa shape index (κ1) is 32.3. The van der Waals surface area contributed by atoms with E-state index in [1.807, 2.05) is 6.07 Å². The molecule has 2 atom stereocenters. The van der Waals surface area contributed by atoms with Gasteiger partial charge in [-0.2, -0.15) is 26.3 Å². The van der Waals surface area contributed by atoms with Crippen LogP contribution in [0.25, 0.3) is 0 Å². The fourth-order valence-corrected chi connectivity index (χ4v) is 5.06. The summed E-state index contributed by atoms with van der Waals surface area (Å²) in [5.74, 6) is -2.48. The molecule has 1 aromatic heterocycles. The molecule has 16 heteroatoms. The van der Waals surface area contributed by atoms with Gasteiger partial charge in [0.25, 0.3) is 0 Å². The molecule has 3 N–H and O–H groups in total. The van der Waals surface area contributed by atoms with E-state index >= 15 is 0 Å². The molecule has 3 heterocycles. The molecule has 0 bridgehead atoms. The van der Waals surface area contributed by atoms with Crippen LogP contribution in [0.15, 0.2) is 18.5 Å². The molecule has 4 fully saturated rings. The SMILES string of the molecule is O=C(NCC1CC1)[C@]12CCCN(CC3CC3)C[C@H]1CN(c1ncccn1)C2.O=C(O)C(F)(F)F.O=C(O)C(F)(F)F. The normalized spacial score (nSPS) is 24.5. The number of carboxylic acids is 2. The van der Waals surface area contributed by atoms with Crippen molar-refractivity contribution in [2.75, 3.05) is 44.2 Å². The van der Waals surface area contributed by atoms with Gasteiger partial charge in [0.1, 0.15) is 0 Å². The number of nitrogens with one attached hydrogen (secondary N) is 1. The Labute approximate surface area is 232 Å². The number of carbonyl (C=O) groups is 3. The van der Waals surface area contributed by atoms with Crippen molar-refractivity contribution in [1.82, 2.24) is 20.2 Å². The molecule has 2 aliphatic carbocycles. The van der Waals surface area contributed by atoms with Crippen LogP contribution in [0.3, 0.4) is 0 Å². The predicted molar refractivity (Wildman–Crippen MR) is 132 cm³/mol. The second-order valence-electron chi connectivity index (χ2n) is 10.8. The van der Waals surface area contributed by atoms with Gasteiger partial charge in [-0.05, 0) is 63.0 Å². The van der Waals surface area contributed by atoms with Gasteiger partial charge in [0.2, 0.25) is 11.9 Å². The van der Waals surface area contributed by atoms with E-state index < -0.39 is 24.3 Å². The largest absolute Gasteiger partial charge is 0.490 e. The van der Waals surface area contributed by atoms with E-state index in [1.165, 1.54) is 32.2 Å². The number of anilines is 1. The number of likely N-dealkylation sites (tertiary alicyclic amines) is 1. The van der Waals surface area contributed by atoms with Crippen LogP contribution in [0.2, 0.25) is 0 Å². The number of carboxylic acid groups (broad SMARTS) is 2. The number of nitrogens with zero attached hydrogens (tertiary/aromatic N) is 4. The summed E-state index contributed by atoms with van der Waals surface area (Å²) in [5.41, 5.74) is -0.285. The summed E-state index contributed by atoms with van der Waals surface area (Å²) in [6.45, 7) is 5.92. The van der Waals surface area contributed by atoms with Gasteiger partial charge in [0.15, 0.2) is 0 Å². The Kier molecular flexibility index (Phi) is 10.4. The number of hydrogen-bond acceptors (Lipinski definition) is 7. The monoisotopic (exact) mass is 597 g/mol. The number of hydrogen-bond donors (Lipinski definition) is 3. The minimum Gasteiger partial charge on any atom is -0.475 e. The summed E-state index contributed by atoms with van der Waals surface area (Å²) in [6.07, 6.45) is 0.857. The molecular formula is C25H33F6N5O5. The van der Waals surface area contributed by atoms with Gasteiger partial charge in [-0.15, -0.1) is 0 Å². The van der Waals surface area contributed by atoms with Crippen molar-refractivity contribution in [3.63, 3.8) is 0 Å². The van der Waals surface area contributed by atoms with E-state index in [1.54, 1.807) is 12.4 Å². The topological polar surface area (TPSA) is 136 Å². The summed E-state index contributed by atoms with van der Waals surface area (Å²) in [4.78, 5) is 45.0. The van der Waals surface area contributed by atoms with Crippen molar-refractivity contribution in [2.45, 2.75) is 50.9 Å². The first-order chi connectivity index (χ1) is 19.1. The second-order valence-corrected chi connectivity index (χ2v) is 10.8. The minimum absolute atomic E-state index is 0.283. The van der Waals surface area contributed by atoms with E-state index in [-0.39, 0.29) is 11.3 Å². The van der Waals surface area contributed by atoms with Crippen molar-refractivity contribution in [1.29, 1.82) is 0 Å². The van der Waals surface area contributed by atoms with E-state index in [0.717, 1.165) is 63.3 Å². The molecule has 230 valence electrons. The zero-order valence-electron chi connectivity index (χ0n) is 22.1. The number of carbonyl (C=O) groups excluding carboxylic acids is 1. The van der Waals surface area contributed by atoms with Crippen molar-refractivity contribution in [2.24, 2.45) is 23.2 Å². The molecule has 0 radical (unpaired) electrons. The Balaban J connectivity index is 0.000000276. The Hall–Kier alpha value is -3.17. The van der Waals surface area contributed by atoms with Crippen LogP contribution in [0.4, 0.5) is 32.3 Å². The maximum atomic E-state index is 13.4. The lowest BCUT2D eigenvalue weighted by Gasteiger charge is -2.32. The molecule has 0 aromatic carbocycles. The molecule has 41 heavy (non-hydrogen) atoms. The van der Waals surface area contributed by atoms with Crippen molar-refractivity contribution < 1.29 is 50.9 Å². The number of fused-ring (bicyclic) bond motifs is 1. The van der Waals surface area contributed by atoms with E-state index in [2.05, 4.69) is 25.1 Å². The predicted octanol–water partition coefficient (Wildman–Crippen LogP) is 3.20. The van der Waals surface area contributed by atoms with Gasteiger partial charge >= 0.3 is 24.3 Å². The number of aliphatic carboxylic acids is 2. The van der Waals surface area contributed by atoms with Gasteiger partial charge in [-0.25, -0.2) is 19.6 Å². The third-order valence-corrected chi connectivity index (χ3v) is 7.50. The highest BCUT2D eigenvalue weighted by Crippen LogP contribution is 2.44. The van der Waals surface area contributed by atoms with E-state index in [9.17, 15) is 31.1 Å². The number of rotatable bonds is 6. The second kappa shape index (κ2) is 13.2. The zero-order chi connectivity index (χ0) is 30.4. The third kappa shape index (κ3) is 9.71. The maximum absolute atomic E-state index is 13.4. The summed E-state index contributed by atoms with van der Waals surface area (Å²) < 4.78 is 63.5. The Bertz CT molecular complexity index is 1030. The molecule has 2 aliphatic heterocycles. The molecule has 0 spiro atoms. The average molecular weight is 598 g/mol. The van der Waals surface area contributed by atoms with E-state index in [0.29, 0.717) is 5.92 Å². The average Bonchev–Trinajstić information content (AvgIpc) is 3.82. The number of halogens is 6. The number of alkyl halides is 6. The minimum atomic E-state index is -5.08. The van der Waals surface area contributed by atoms with Crippen LogP contribution >= 0.6 is 0 Å². The van der Waals surface area contributed by atoms with Gasteiger partial charge in [-0.1, -0.05) is 0 Å². The quantitative estimate of drug-likeness (QED) is 0.423. The van der Waals surface area contributed by atoms with Gasteiger partial charge in [-0.3, -0.25) is 4.79 Å². The molecule has 1 aromatic rings. The van der Waals surface area contributed by atoms with Crippen LogP contribution < -0.4 is 10.2 Å². The van der Waals surface area contributed by atoms with Crippen LogP contribution in [-0.2, 0) is 14.4 Å². The molecule has 1 amide bonds. The standard InChI is InChI=1S/C21H31N5O.2C2HF3O2/c27-19(24-11-16-3-4-16)21-7-1-10-25(12-17-5-6-17)13-18(21)14-26(15-21)20-22-8-2-9-23-20;2*3-2(4,5)1(6)7/h2,8-9,16-18H,1,3-7,10-15H2,(H,24,27);2*(H,6,7)/t18-,21-;;/m0../s1. The highest BCUT2D eigenvalue weighted by molar-refractivity contribution is 5.84. The Morgan fingerprint density at radius 3 is 1.95 bits per heavy atom.